The van der Waals surface area contributed by atoms with Crippen LogP contribution in [0.3, 0.4) is 0 Å². The summed E-state index contributed by atoms with van der Waals surface area (Å²) >= 11 is 20.6. The van der Waals surface area contributed by atoms with Gasteiger partial charge in [0.2, 0.25) is 0 Å². The summed E-state index contributed by atoms with van der Waals surface area (Å²) in [6.45, 7) is 0. The van der Waals surface area contributed by atoms with Crippen LogP contribution < -0.4 is 0 Å². The Morgan fingerprint density at radius 3 is 2.58 bits per heavy atom. The first-order valence-electron chi connectivity index (χ1n) is 5.07. The molecular formula is C10H5BrN4S4. The standard InChI is InChI=1S/C10H5BrN4S4/c11-4-2-1-3(19-4)6-5-7(13-9(17)12-6)14-10(18)15-8(5)16/h1-2H,(H3,12,13,14,15,16,17,18). The van der Waals surface area contributed by atoms with E-state index in [1.807, 2.05) is 12.1 Å². The zero-order valence-corrected chi connectivity index (χ0v) is 14.0. The molecule has 3 heterocycles. The number of nitrogens with zero attached hydrogens (tertiary/aromatic N) is 1. The van der Waals surface area contributed by atoms with Gasteiger partial charge in [-0.2, -0.15) is 0 Å². The second kappa shape index (κ2) is 4.98. The van der Waals surface area contributed by atoms with E-state index >= 15 is 0 Å². The van der Waals surface area contributed by atoms with Gasteiger partial charge >= 0.3 is 0 Å². The molecule has 19 heavy (non-hydrogen) atoms. The summed E-state index contributed by atoms with van der Waals surface area (Å²) in [6, 6.07) is 3.96. The van der Waals surface area contributed by atoms with Crippen molar-refractivity contribution in [3.05, 3.63) is 30.1 Å². The Morgan fingerprint density at radius 1 is 1.11 bits per heavy atom. The monoisotopic (exact) mass is 388 g/mol. The van der Waals surface area contributed by atoms with Crippen LogP contribution in [0.1, 0.15) is 0 Å². The van der Waals surface area contributed by atoms with E-state index in [2.05, 4.69) is 35.9 Å². The normalized spacial score (nSPS) is 11.0. The lowest BCUT2D eigenvalue weighted by Gasteiger charge is -2.04. The summed E-state index contributed by atoms with van der Waals surface area (Å²) in [5.74, 6) is 0. The number of hydrogen-bond donors (Lipinski definition) is 3. The second-order valence-electron chi connectivity index (χ2n) is 3.65. The van der Waals surface area contributed by atoms with Crippen LogP contribution in [0.2, 0.25) is 0 Å². The van der Waals surface area contributed by atoms with Crippen LogP contribution in [0.5, 0.6) is 0 Å². The van der Waals surface area contributed by atoms with Crippen molar-refractivity contribution in [3.63, 3.8) is 0 Å². The highest BCUT2D eigenvalue weighted by Crippen LogP contribution is 2.33. The molecule has 0 amide bonds. The van der Waals surface area contributed by atoms with Crippen molar-refractivity contribution in [3.8, 4) is 10.6 Å². The first kappa shape index (κ1) is 13.3. The molecule has 0 unspecified atom stereocenters. The second-order valence-corrected chi connectivity index (χ2v) is 7.32. The third-order valence-corrected chi connectivity index (χ3v) is 4.78. The summed E-state index contributed by atoms with van der Waals surface area (Å²) in [7, 11) is 0. The Labute approximate surface area is 135 Å². The zero-order valence-electron chi connectivity index (χ0n) is 9.11. The van der Waals surface area contributed by atoms with E-state index in [-0.39, 0.29) is 0 Å². The van der Waals surface area contributed by atoms with Crippen LogP contribution in [-0.2, 0) is 0 Å². The largest absolute Gasteiger partial charge is 0.329 e. The van der Waals surface area contributed by atoms with Gasteiger partial charge in [0.15, 0.2) is 9.54 Å². The minimum Gasteiger partial charge on any atom is -0.329 e. The molecule has 0 radical (unpaired) electrons. The number of aromatic amines is 3. The number of aromatic nitrogens is 4. The van der Waals surface area contributed by atoms with Gasteiger partial charge in [-0.1, -0.05) is 12.2 Å². The van der Waals surface area contributed by atoms with Gasteiger partial charge in [0.1, 0.15) is 10.3 Å². The number of thiophene rings is 1. The highest BCUT2D eigenvalue weighted by atomic mass is 79.9. The predicted octanol–water partition coefficient (Wildman–Crippen LogP) is 4.90. The molecule has 96 valence electrons. The highest BCUT2D eigenvalue weighted by Gasteiger charge is 2.10. The fourth-order valence-electron chi connectivity index (χ4n) is 1.72. The van der Waals surface area contributed by atoms with E-state index in [1.165, 1.54) is 0 Å². The summed E-state index contributed by atoms with van der Waals surface area (Å²) < 4.78 is 2.39. The average Bonchev–Trinajstić information content (AvgIpc) is 2.73. The van der Waals surface area contributed by atoms with Crippen LogP contribution >= 0.6 is 63.9 Å². The third-order valence-electron chi connectivity index (χ3n) is 2.44. The van der Waals surface area contributed by atoms with Crippen LogP contribution in [0.4, 0.5) is 0 Å². The van der Waals surface area contributed by atoms with E-state index in [0.717, 1.165) is 19.7 Å². The Morgan fingerprint density at radius 2 is 1.89 bits per heavy atom. The number of fused-ring (bicyclic) bond motifs is 1. The third kappa shape index (κ3) is 2.48. The van der Waals surface area contributed by atoms with Crippen molar-refractivity contribution < 1.29 is 0 Å². The van der Waals surface area contributed by atoms with Crippen molar-refractivity contribution in [2.45, 2.75) is 0 Å². The van der Waals surface area contributed by atoms with Gasteiger partial charge in [0.05, 0.1) is 19.7 Å². The van der Waals surface area contributed by atoms with Crippen LogP contribution in [0.25, 0.3) is 21.6 Å². The molecule has 0 aliphatic carbocycles. The number of halogens is 1. The Kier molecular flexibility index (Phi) is 3.48. The molecular weight excluding hydrogens is 384 g/mol. The maximum Gasteiger partial charge on any atom is 0.199 e. The van der Waals surface area contributed by atoms with E-state index in [4.69, 9.17) is 36.7 Å². The number of H-pyrrole nitrogens is 3. The van der Waals surface area contributed by atoms with E-state index in [9.17, 15) is 0 Å². The Hall–Kier alpha value is -0.740. The Bertz CT molecular complexity index is 943. The maximum absolute atomic E-state index is 5.34. The number of rotatable bonds is 1. The van der Waals surface area contributed by atoms with Gasteiger partial charge < -0.3 is 15.0 Å². The van der Waals surface area contributed by atoms with E-state index in [0.29, 0.717) is 19.8 Å². The molecule has 0 saturated heterocycles. The fourth-order valence-corrected chi connectivity index (χ4v) is 3.87. The quantitative estimate of drug-likeness (QED) is 0.518. The Balaban J connectivity index is 2.51. The van der Waals surface area contributed by atoms with Gasteiger partial charge in [-0.15, -0.1) is 11.3 Å². The number of hydrogen-bond acceptors (Lipinski definition) is 5. The van der Waals surface area contributed by atoms with E-state index in [1.54, 1.807) is 11.3 Å². The molecule has 0 fully saturated rings. The molecule has 3 N–H and O–H groups in total. The topological polar surface area (TPSA) is 60.3 Å². The van der Waals surface area contributed by atoms with Crippen molar-refractivity contribution in [1.29, 1.82) is 0 Å². The van der Waals surface area contributed by atoms with Gasteiger partial charge in [-0.3, -0.25) is 0 Å². The molecule has 9 heteroatoms. The van der Waals surface area contributed by atoms with Gasteiger partial charge in [0.25, 0.3) is 0 Å². The van der Waals surface area contributed by atoms with Crippen LogP contribution in [0.15, 0.2) is 15.9 Å². The molecule has 0 bridgehead atoms. The molecule has 3 aromatic rings. The van der Waals surface area contributed by atoms with Crippen molar-refractivity contribution in [2.75, 3.05) is 0 Å². The summed E-state index contributed by atoms with van der Waals surface area (Å²) in [5, 5.41) is 0.784. The summed E-state index contributed by atoms with van der Waals surface area (Å²) in [4.78, 5) is 14.2. The molecule has 0 spiro atoms. The lowest BCUT2D eigenvalue weighted by molar-refractivity contribution is 1.10. The van der Waals surface area contributed by atoms with Crippen molar-refractivity contribution in [2.24, 2.45) is 0 Å². The fraction of sp³-hybridized carbons (Fsp3) is 0. The maximum atomic E-state index is 5.34. The molecule has 0 aliphatic heterocycles. The minimum atomic E-state index is 0.387. The van der Waals surface area contributed by atoms with Gasteiger partial charge in [-0.25, -0.2) is 4.98 Å². The first-order chi connectivity index (χ1) is 9.04. The summed E-state index contributed by atoms with van der Waals surface area (Å²) in [5.41, 5.74) is 1.44. The minimum absolute atomic E-state index is 0.387. The molecule has 0 saturated carbocycles. The first-order valence-corrected chi connectivity index (χ1v) is 7.90. The SMILES string of the molecule is S=c1nc2[nH]c(=S)[nH]c(=S)c2c(-c2ccc(Br)s2)[nH]1. The molecule has 4 nitrogen and oxygen atoms in total. The molecule has 3 aromatic heterocycles. The molecule has 3 rings (SSSR count). The van der Waals surface area contributed by atoms with Gasteiger partial charge in [0, 0.05) is 0 Å². The van der Waals surface area contributed by atoms with Gasteiger partial charge in [-0.05, 0) is 52.5 Å². The smallest absolute Gasteiger partial charge is 0.199 e. The lowest BCUT2D eigenvalue weighted by atomic mass is 10.2. The summed E-state index contributed by atoms with van der Waals surface area (Å²) in [6.07, 6.45) is 0. The van der Waals surface area contributed by atoms with Crippen molar-refractivity contribution >= 4 is 75.0 Å². The van der Waals surface area contributed by atoms with Crippen LogP contribution in [-0.4, -0.2) is 19.9 Å². The number of nitrogens with one attached hydrogen (secondary N) is 3. The highest BCUT2D eigenvalue weighted by molar-refractivity contribution is 9.11. The lowest BCUT2D eigenvalue weighted by Crippen LogP contribution is -1.95. The van der Waals surface area contributed by atoms with Crippen molar-refractivity contribution in [1.82, 2.24) is 19.9 Å². The average molecular weight is 389 g/mol. The molecule has 0 aromatic carbocycles. The molecule has 0 atom stereocenters. The molecule has 0 aliphatic rings. The van der Waals surface area contributed by atoms with E-state index < -0.39 is 0 Å². The predicted molar refractivity (Wildman–Crippen MR) is 88.3 cm³/mol. The zero-order chi connectivity index (χ0) is 13.6. The van der Waals surface area contributed by atoms with Crippen LogP contribution in [0, 0.1) is 14.2 Å².